The number of alkyl halides is 1. The van der Waals surface area contributed by atoms with E-state index in [0.29, 0.717) is 12.4 Å². The summed E-state index contributed by atoms with van der Waals surface area (Å²) in [5.74, 6) is 1.56. The number of fused-ring (bicyclic) bond motifs is 1. The first-order valence-corrected chi connectivity index (χ1v) is 7.08. The highest BCUT2D eigenvalue weighted by molar-refractivity contribution is 6.16. The molecular weight excluding hydrogens is 291 g/mol. The Morgan fingerprint density at radius 3 is 2.81 bits per heavy atom. The third-order valence-electron chi connectivity index (χ3n) is 3.38. The summed E-state index contributed by atoms with van der Waals surface area (Å²) >= 11 is 5.99. The van der Waals surface area contributed by atoms with E-state index in [1.807, 2.05) is 28.8 Å². The quantitative estimate of drug-likeness (QED) is 0.682. The fourth-order valence-corrected chi connectivity index (χ4v) is 2.58. The molecule has 0 fully saturated rings. The number of imidazole rings is 1. The Morgan fingerprint density at radius 1 is 1.24 bits per heavy atom. The number of hydrogen-bond acceptors (Lipinski definition) is 2. The highest BCUT2D eigenvalue weighted by Gasteiger charge is 2.11. The van der Waals surface area contributed by atoms with Crippen molar-refractivity contribution in [2.45, 2.75) is 12.4 Å². The predicted octanol–water partition coefficient (Wildman–Crippen LogP) is 3.97. The molecule has 21 heavy (non-hydrogen) atoms. The molecule has 2 aromatic carbocycles. The molecule has 0 amide bonds. The summed E-state index contributed by atoms with van der Waals surface area (Å²) in [7, 11) is 1.62. The first-order valence-electron chi connectivity index (χ1n) is 6.55. The fourth-order valence-electron chi connectivity index (χ4n) is 2.38. The first kappa shape index (κ1) is 13.9. The van der Waals surface area contributed by atoms with Gasteiger partial charge in [-0.1, -0.05) is 12.1 Å². The number of halogens is 2. The highest BCUT2D eigenvalue weighted by atomic mass is 35.5. The summed E-state index contributed by atoms with van der Waals surface area (Å²) < 4.78 is 20.6. The SMILES string of the molecule is COc1ccc2nc(CCl)n(Cc3cccc(F)c3)c2c1. The molecule has 5 heteroatoms. The zero-order valence-electron chi connectivity index (χ0n) is 11.5. The van der Waals surface area contributed by atoms with Crippen LogP contribution < -0.4 is 4.74 Å². The number of methoxy groups -OCH3 is 1. The minimum absolute atomic E-state index is 0.248. The highest BCUT2D eigenvalue weighted by Crippen LogP contribution is 2.24. The van der Waals surface area contributed by atoms with Crippen LogP contribution in [0.2, 0.25) is 0 Å². The topological polar surface area (TPSA) is 27.1 Å². The van der Waals surface area contributed by atoms with Gasteiger partial charge in [0.2, 0.25) is 0 Å². The Balaban J connectivity index is 2.10. The van der Waals surface area contributed by atoms with Gasteiger partial charge in [0.05, 0.1) is 24.0 Å². The Labute approximate surface area is 126 Å². The fraction of sp³-hybridized carbons (Fsp3) is 0.188. The van der Waals surface area contributed by atoms with Crippen LogP contribution in [-0.2, 0) is 12.4 Å². The molecule has 0 aliphatic rings. The number of benzene rings is 2. The van der Waals surface area contributed by atoms with Gasteiger partial charge in [0.25, 0.3) is 0 Å². The molecule has 1 aromatic heterocycles. The molecule has 0 aliphatic heterocycles. The summed E-state index contributed by atoms with van der Waals surface area (Å²) in [6.45, 7) is 0.517. The molecule has 0 unspecified atom stereocenters. The molecule has 0 atom stereocenters. The molecule has 0 aliphatic carbocycles. The van der Waals surface area contributed by atoms with Crippen LogP contribution in [0.5, 0.6) is 5.75 Å². The Bertz CT molecular complexity index is 785. The standard InChI is InChI=1S/C16H14ClFN2O/c1-21-13-5-6-14-15(8-13)20(16(9-17)19-14)10-11-3-2-4-12(18)7-11/h2-8H,9-10H2,1H3. The predicted molar refractivity (Wildman–Crippen MR) is 81.3 cm³/mol. The van der Waals surface area contributed by atoms with Gasteiger partial charge in [-0.25, -0.2) is 9.37 Å². The Morgan fingerprint density at radius 2 is 2.10 bits per heavy atom. The van der Waals surface area contributed by atoms with E-state index < -0.39 is 0 Å². The van der Waals surface area contributed by atoms with E-state index in [9.17, 15) is 4.39 Å². The lowest BCUT2D eigenvalue weighted by molar-refractivity contribution is 0.415. The van der Waals surface area contributed by atoms with Gasteiger partial charge in [-0.15, -0.1) is 11.6 Å². The van der Waals surface area contributed by atoms with E-state index in [1.165, 1.54) is 12.1 Å². The summed E-state index contributed by atoms with van der Waals surface area (Å²) in [5.41, 5.74) is 2.64. The normalized spacial score (nSPS) is 11.0. The van der Waals surface area contributed by atoms with Crippen molar-refractivity contribution < 1.29 is 9.13 Å². The molecule has 0 bridgehead atoms. The van der Waals surface area contributed by atoms with E-state index in [2.05, 4.69) is 4.98 Å². The Kier molecular flexibility index (Phi) is 3.80. The van der Waals surface area contributed by atoms with Gasteiger partial charge in [-0.05, 0) is 29.8 Å². The van der Waals surface area contributed by atoms with Crippen LogP contribution in [0.25, 0.3) is 11.0 Å². The van der Waals surface area contributed by atoms with Gasteiger partial charge in [0.15, 0.2) is 0 Å². The summed E-state index contributed by atoms with van der Waals surface area (Å²) in [4.78, 5) is 4.51. The molecule has 0 saturated heterocycles. The van der Waals surface area contributed by atoms with E-state index in [-0.39, 0.29) is 5.82 Å². The maximum absolute atomic E-state index is 13.3. The third kappa shape index (κ3) is 2.72. The van der Waals surface area contributed by atoms with Crippen molar-refractivity contribution in [3.63, 3.8) is 0 Å². The van der Waals surface area contributed by atoms with Crippen molar-refractivity contribution in [3.8, 4) is 5.75 Å². The molecule has 0 spiro atoms. The molecule has 3 rings (SSSR count). The number of aromatic nitrogens is 2. The first-order chi connectivity index (χ1) is 10.2. The van der Waals surface area contributed by atoms with Crippen LogP contribution >= 0.6 is 11.6 Å². The average Bonchev–Trinajstić information content (AvgIpc) is 2.84. The second kappa shape index (κ2) is 5.74. The molecule has 0 radical (unpaired) electrons. The molecule has 0 N–H and O–H groups in total. The van der Waals surface area contributed by atoms with E-state index >= 15 is 0 Å². The maximum atomic E-state index is 13.3. The van der Waals surface area contributed by atoms with Crippen molar-refractivity contribution in [3.05, 3.63) is 59.7 Å². The number of rotatable bonds is 4. The minimum atomic E-state index is -0.248. The van der Waals surface area contributed by atoms with Gasteiger partial charge in [0.1, 0.15) is 17.4 Å². The summed E-state index contributed by atoms with van der Waals surface area (Å²) in [5, 5.41) is 0. The van der Waals surface area contributed by atoms with Gasteiger partial charge >= 0.3 is 0 Å². The van der Waals surface area contributed by atoms with Crippen molar-refractivity contribution in [2.24, 2.45) is 0 Å². The second-order valence-electron chi connectivity index (χ2n) is 4.73. The van der Waals surface area contributed by atoms with Crippen LogP contribution in [-0.4, -0.2) is 16.7 Å². The second-order valence-corrected chi connectivity index (χ2v) is 5.00. The molecule has 3 nitrogen and oxygen atoms in total. The van der Waals surface area contributed by atoms with Crippen molar-refractivity contribution in [1.29, 1.82) is 0 Å². The van der Waals surface area contributed by atoms with Crippen LogP contribution in [0.15, 0.2) is 42.5 Å². The minimum Gasteiger partial charge on any atom is -0.497 e. The van der Waals surface area contributed by atoms with Gasteiger partial charge in [-0.3, -0.25) is 0 Å². The van der Waals surface area contributed by atoms with Crippen LogP contribution in [0.4, 0.5) is 4.39 Å². The number of nitrogens with zero attached hydrogens (tertiary/aromatic N) is 2. The Hall–Kier alpha value is -2.07. The van der Waals surface area contributed by atoms with Crippen LogP contribution in [0, 0.1) is 5.82 Å². The monoisotopic (exact) mass is 304 g/mol. The molecule has 0 saturated carbocycles. The zero-order chi connectivity index (χ0) is 14.8. The lowest BCUT2D eigenvalue weighted by Gasteiger charge is -2.09. The largest absolute Gasteiger partial charge is 0.497 e. The summed E-state index contributed by atoms with van der Waals surface area (Å²) in [6, 6.07) is 12.2. The van der Waals surface area contributed by atoms with Crippen LogP contribution in [0.3, 0.4) is 0 Å². The molecule has 108 valence electrons. The average molecular weight is 305 g/mol. The van der Waals surface area contributed by atoms with Crippen molar-refractivity contribution >= 4 is 22.6 Å². The van der Waals surface area contributed by atoms with E-state index in [0.717, 1.165) is 28.2 Å². The number of ether oxygens (including phenoxy) is 1. The van der Waals surface area contributed by atoms with E-state index in [4.69, 9.17) is 16.3 Å². The van der Waals surface area contributed by atoms with E-state index in [1.54, 1.807) is 13.2 Å². The third-order valence-corrected chi connectivity index (χ3v) is 3.62. The molecule has 3 aromatic rings. The zero-order valence-corrected chi connectivity index (χ0v) is 12.3. The van der Waals surface area contributed by atoms with Gasteiger partial charge < -0.3 is 9.30 Å². The smallest absolute Gasteiger partial charge is 0.125 e. The molecular formula is C16H14ClFN2O. The van der Waals surface area contributed by atoms with Crippen molar-refractivity contribution in [1.82, 2.24) is 9.55 Å². The lowest BCUT2D eigenvalue weighted by Crippen LogP contribution is -2.04. The van der Waals surface area contributed by atoms with Crippen LogP contribution in [0.1, 0.15) is 11.4 Å². The van der Waals surface area contributed by atoms with Crippen molar-refractivity contribution in [2.75, 3.05) is 7.11 Å². The molecule has 1 heterocycles. The summed E-state index contributed by atoms with van der Waals surface area (Å²) in [6.07, 6.45) is 0. The van der Waals surface area contributed by atoms with Gasteiger partial charge in [-0.2, -0.15) is 0 Å². The number of hydrogen-bond donors (Lipinski definition) is 0. The maximum Gasteiger partial charge on any atom is 0.125 e. The van der Waals surface area contributed by atoms with Gasteiger partial charge in [0, 0.05) is 12.6 Å². The lowest BCUT2D eigenvalue weighted by atomic mass is 10.2.